The van der Waals surface area contributed by atoms with Crippen LogP contribution in [0.4, 0.5) is 0 Å². The van der Waals surface area contributed by atoms with Gasteiger partial charge in [0.1, 0.15) is 0 Å². The molecule has 0 saturated carbocycles. The Morgan fingerprint density at radius 2 is 2.12 bits per heavy atom. The number of nitrogens with one attached hydrogen (secondary N) is 1. The van der Waals surface area contributed by atoms with Crippen LogP contribution in [0.15, 0.2) is 18.3 Å². The van der Waals surface area contributed by atoms with Crippen molar-refractivity contribution in [2.75, 3.05) is 0 Å². The highest BCUT2D eigenvalue weighted by molar-refractivity contribution is 6.06. The third-order valence-electron chi connectivity index (χ3n) is 4.77. The fourth-order valence-corrected chi connectivity index (χ4v) is 3.60. The van der Waals surface area contributed by atoms with Crippen molar-refractivity contribution in [2.45, 2.75) is 39.7 Å². The maximum absolute atomic E-state index is 12.8. The van der Waals surface area contributed by atoms with Gasteiger partial charge in [0.05, 0.1) is 16.6 Å². The Bertz CT molecular complexity index is 989. The van der Waals surface area contributed by atoms with Gasteiger partial charge < -0.3 is 5.32 Å². The molecule has 0 saturated heterocycles. The monoisotopic (exact) mass is 335 g/mol. The molecule has 4 rings (SSSR count). The van der Waals surface area contributed by atoms with Crippen molar-refractivity contribution >= 4 is 16.9 Å². The smallest absolute Gasteiger partial charge is 0.252 e. The van der Waals surface area contributed by atoms with Gasteiger partial charge in [0.25, 0.3) is 5.91 Å². The summed E-state index contributed by atoms with van der Waals surface area (Å²) in [4.78, 5) is 21.8. The van der Waals surface area contributed by atoms with Gasteiger partial charge in [-0.3, -0.25) is 14.5 Å². The summed E-state index contributed by atoms with van der Waals surface area (Å²) in [6.45, 7) is 4.27. The van der Waals surface area contributed by atoms with Crippen LogP contribution in [0.5, 0.6) is 0 Å². The molecule has 1 aliphatic carbocycles. The summed E-state index contributed by atoms with van der Waals surface area (Å²) in [6.07, 6.45) is 5.19. The maximum Gasteiger partial charge on any atom is 0.252 e. The van der Waals surface area contributed by atoms with Crippen LogP contribution in [0, 0.1) is 13.8 Å². The lowest BCUT2D eigenvalue weighted by atomic mass is 10.1. The van der Waals surface area contributed by atoms with E-state index in [0.717, 1.165) is 40.8 Å². The summed E-state index contributed by atoms with van der Waals surface area (Å²) in [5, 5.41) is 8.23. The predicted molar refractivity (Wildman–Crippen MR) is 95.4 cm³/mol. The third kappa shape index (κ3) is 2.77. The van der Waals surface area contributed by atoms with Crippen molar-refractivity contribution in [3.05, 3.63) is 52.1 Å². The van der Waals surface area contributed by atoms with Crippen molar-refractivity contribution in [3.63, 3.8) is 0 Å². The van der Waals surface area contributed by atoms with E-state index in [1.165, 1.54) is 17.7 Å². The van der Waals surface area contributed by atoms with Crippen LogP contribution in [0.25, 0.3) is 11.0 Å². The van der Waals surface area contributed by atoms with E-state index in [-0.39, 0.29) is 5.91 Å². The van der Waals surface area contributed by atoms with Crippen molar-refractivity contribution in [1.29, 1.82) is 0 Å². The number of rotatable bonds is 3. The first-order chi connectivity index (χ1) is 12.0. The lowest BCUT2D eigenvalue weighted by Crippen LogP contribution is -2.23. The van der Waals surface area contributed by atoms with Gasteiger partial charge in [-0.1, -0.05) is 6.07 Å². The zero-order valence-corrected chi connectivity index (χ0v) is 14.8. The summed E-state index contributed by atoms with van der Waals surface area (Å²) in [6, 6.07) is 3.99. The predicted octanol–water partition coefficient (Wildman–Crippen LogP) is 2.40. The Kier molecular flexibility index (Phi) is 3.75. The number of carbonyl (C=O) groups is 1. The van der Waals surface area contributed by atoms with Gasteiger partial charge in [0, 0.05) is 31.2 Å². The standard InChI is InChI=1S/C19H21N5O/c1-11-7-15(17-12(2)23-24(3)18(17)22-11)19(25)21-10-13-8-14-5-4-6-16(14)20-9-13/h7-9H,4-6,10H2,1-3H3,(H,21,25). The highest BCUT2D eigenvalue weighted by Crippen LogP contribution is 2.22. The van der Waals surface area contributed by atoms with Crippen LogP contribution in [0.1, 0.15) is 45.0 Å². The number of aryl methyl sites for hydroxylation is 5. The Balaban J connectivity index is 1.60. The van der Waals surface area contributed by atoms with Gasteiger partial charge >= 0.3 is 0 Å². The summed E-state index contributed by atoms with van der Waals surface area (Å²) in [5.74, 6) is -0.105. The molecule has 1 amide bonds. The maximum atomic E-state index is 12.8. The van der Waals surface area contributed by atoms with E-state index in [0.29, 0.717) is 12.1 Å². The minimum Gasteiger partial charge on any atom is -0.348 e. The van der Waals surface area contributed by atoms with Crippen LogP contribution < -0.4 is 5.32 Å². The van der Waals surface area contributed by atoms with E-state index in [4.69, 9.17) is 0 Å². The number of aromatic nitrogens is 4. The van der Waals surface area contributed by atoms with Gasteiger partial charge in [-0.2, -0.15) is 5.10 Å². The van der Waals surface area contributed by atoms with E-state index < -0.39 is 0 Å². The Morgan fingerprint density at radius 1 is 1.28 bits per heavy atom. The highest BCUT2D eigenvalue weighted by atomic mass is 16.1. The Labute approximate surface area is 146 Å². The molecule has 6 nitrogen and oxygen atoms in total. The number of hydrogen-bond acceptors (Lipinski definition) is 4. The lowest BCUT2D eigenvalue weighted by Gasteiger charge is -2.09. The molecule has 3 aromatic heterocycles. The molecule has 3 heterocycles. The van der Waals surface area contributed by atoms with Gasteiger partial charge in [0.2, 0.25) is 0 Å². The fraction of sp³-hybridized carbons (Fsp3) is 0.368. The average molecular weight is 335 g/mol. The van der Waals surface area contributed by atoms with Crippen LogP contribution in [-0.4, -0.2) is 25.7 Å². The second-order valence-electron chi connectivity index (χ2n) is 6.70. The van der Waals surface area contributed by atoms with Crippen LogP contribution >= 0.6 is 0 Å². The third-order valence-corrected chi connectivity index (χ3v) is 4.77. The number of pyridine rings is 2. The summed E-state index contributed by atoms with van der Waals surface area (Å²) in [7, 11) is 1.85. The van der Waals surface area contributed by atoms with Crippen LogP contribution in [0.2, 0.25) is 0 Å². The molecular formula is C19H21N5O. The van der Waals surface area contributed by atoms with Crippen LogP contribution in [0.3, 0.4) is 0 Å². The second kappa shape index (κ2) is 5.95. The first-order valence-electron chi connectivity index (χ1n) is 8.59. The summed E-state index contributed by atoms with van der Waals surface area (Å²) >= 11 is 0. The fourth-order valence-electron chi connectivity index (χ4n) is 3.60. The average Bonchev–Trinajstić information content (AvgIpc) is 3.16. The molecule has 0 spiro atoms. The van der Waals surface area contributed by atoms with Gasteiger partial charge in [0.15, 0.2) is 5.65 Å². The molecule has 0 aromatic carbocycles. The molecule has 1 aliphatic rings. The molecule has 25 heavy (non-hydrogen) atoms. The molecular weight excluding hydrogens is 314 g/mol. The number of amides is 1. The first kappa shape index (κ1) is 15.7. The van der Waals surface area contributed by atoms with Gasteiger partial charge in [-0.25, -0.2) is 4.98 Å². The zero-order valence-electron chi connectivity index (χ0n) is 14.8. The number of carbonyl (C=O) groups excluding carboxylic acids is 1. The van der Waals surface area contributed by atoms with E-state index in [1.807, 2.05) is 33.2 Å². The normalized spacial score (nSPS) is 13.2. The first-order valence-corrected chi connectivity index (χ1v) is 8.59. The molecule has 0 radical (unpaired) electrons. The molecule has 0 fully saturated rings. The quantitative estimate of drug-likeness (QED) is 0.798. The minimum absolute atomic E-state index is 0.105. The highest BCUT2D eigenvalue weighted by Gasteiger charge is 2.18. The topological polar surface area (TPSA) is 72.7 Å². The molecule has 6 heteroatoms. The van der Waals surface area contributed by atoms with Crippen molar-refractivity contribution < 1.29 is 4.79 Å². The molecule has 1 N–H and O–H groups in total. The van der Waals surface area contributed by atoms with Crippen molar-refractivity contribution in [1.82, 2.24) is 25.1 Å². The van der Waals surface area contributed by atoms with Crippen molar-refractivity contribution in [2.24, 2.45) is 7.05 Å². The minimum atomic E-state index is -0.105. The molecule has 3 aromatic rings. The molecule has 0 unspecified atom stereocenters. The summed E-state index contributed by atoms with van der Waals surface area (Å²) in [5.41, 5.74) is 6.54. The Morgan fingerprint density at radius 3 is 2.96 bits per heavy atom. The summed E-state index contributed by atoms with van der Waals surface area (Å²) < 4.78 is 1.72. The number of nitrogens with zero attached hydrogens (tertiary/aromatic N) is 4. The number of fused-ring (bicyclic) bond motifs is 2. The molecule has 128 valence electrons. The van der Waals surface area contributed by atoms with E-state index >= 15 is 0 Å². The van der Waals surface area contributed by atoms with E-state index in [9.17, 15) is 4.79 Å². The SMILES string of the molecule is Cc1cc(C(=O)NCc2cnc3c(c2)CCC3)c2c(C)nn(C)c2n1. The van der Waals surface area contributed by atoms with Crippen molar-refractivity contribution in [3.8, 4) is 0 Å². The molecule has 0 bridgehead atoms. The molecule has 0 aliphatic heterocycles. The Hall–Kier alpha value is -2.76. The van der Waals surface area contributed by atoms with E-state index in [1.54, 1.807) is 4.68 Å². The van der Waals surface area contributed by atoms with Gasteiger partial charge in [-0.15, -0.1) is 0 Å². The number of hydrogen-bond donors (Lipinski definition) is 1. The molecule has 0 atom stereocenters. The van der Waals surface area contributed by atoms with E-state index in [2.05, 4.69) is 26.4 Å². The lowest BCUT2D eigenvalue weighted by molar-refractivity contribution is 0.0952. The second-order valence-corrected chi connectivity index (χ2v) is 6.70. The zero-order chi connectivity index (χ0) is 17.6. The van der Waals surface area contributed by atoms with Crippen LogP contribution in [-0.2, 0) is 26.4 Å². The van der Waals surface area contributed by atoms with Gasteiger partial charge in [-0.05, 0) is 50.3 Å². The largest absolute Gasteiger partial charge is 0.348 e.